The lowest BCUT2D eigenvalue weighted by Gasteiger charge is -2.33. The van der Waals surface area contributed by atoms with Gasteiger partial charge in [0.25, 0.3) is 0 Å². The summed E-state index contributed by atoms with van der Waals surface area (Å²) in [4.78, 5) is 26.0. The first-order chi connectivity index (χ1) is 8.61. The third-order valence-corrected chi connectivity index (χ3v) is 2.82. The number of carboxylic acids is 1. The van der Waals surface area contributed by atoms with Crippen molar-refractivity contribution >= 4 is 11.9 Å². The number of nitrogens with one attached hydrogen (secondary N) is 1. The molecular weight excluding hydrogens is 238 g/mol. The van der Waals surface area contributed by atoms with E-state index in [2.05, 4.69) is 5.32 Å². The van der Waals surface area contributed by atoms with Crippen molar-refractivity contribution in [1.29, 1.82) is 0 Å². The van der Waals surface area contributed by atoms with Crippen LogP contribution < -0.4 is 5.32 Å². The van der Waals surface area contributed by atoms with Gasteiger partial charge in [-0.2, -0.15) is 0 Å². The molecule has 1 rings (SSSR count). The van der Waals surface area contributed by atoms with Gasteiger partial charge < -0.3 is 15.2 Å². The lowest BCUT2D eigenvalue weighted by Crippen LogP contribution is -2.50. The summed E-state index contributed by atoms with van der Waals surface area (Å²) in [7, 11) is 1.59. The first kappa shape index (κ1) is 14.9. The molecule has 0 unspecified atom stereocenters. The van der Waals surface area contributed by atoms with E-state index in [0.717, 1.165) is 13.1 Å². The van der Waals surface area contributed by atoms with Crippen LogP contribution in [0.15, 0.2) is 0 Å². The van der Waals surface area contributed by atoms with Gasteiger partial charge in [0.1, 0.15) is 0 Å². The Labute approximate surface area is 107 Å². The maximum atomic E-state index is 11.5. The molecule has 0 spiro atoms. The Morgan fingerprint density at radius 2 is 1.72 bits per heavy atom. The summed E-state index contributed by atoms with van der Waals surface area (Å²) >= 11 is 0. The van der Waals surface area contributed by atoms with Crippen LogP contribution in [-0.4, -0.2) is 86.3 Å². The van der Waals surface area contributed by atoms with Gasteiger partial charge in [0.15, 0.2) is 0 Å². The first-order valence-corrected chi connectivity index (χ1v) is 6.04. The second-order valence-electron chi connectivity index (χ2n) is 4.29. The molecule has 1 aliphatic rings. The van der Waals surface area contributed by atoms with Crippen LogP contribution in [0.4, 0.5) is 0 Å². The highest BCUT2D eigenvalue weighted by Crippen LogP contribution is 2.00. The molecule has 0 aliphatic carbocycles. The van der Waals surface area contributed by atoms with Gasteiger partial charge in [-0.3, -0.25) is 19.4 Å². The monoisotopic (exact) mass is 259 g/mol. The number of nitrogens with zero attached hydrogens (tertiary/aromatic N) is 2. The van der Waals surface area contributed by atoms with Crippen LogP contribution in [0.25, 0.3) is 0 Å². The van der Waals surface area contributed by atoms with Crippen LogP contribution in [0, 0.1) is 0 Å². The molecule has 1 aliphatic heterocycles. The quantitative estimate of drug-likeness (QED) is 0.539. The first-order valence-electron chi connectivity index (χ1n) is 6.04. The number of piperazine rings is 1. The second kappa shape index (κ2) is 8.02. The van der Waals surface area contributed by atoms with E-state index >= 15 is 0 Å². The van der Waals surface area contributed by atoms with Crippen LogP contribution >= 0.6 is 0 Å². The predicted molar refractivity (Wildman–Crippen MR) is 65.4 cm³/mol. The smallest absolute Gasteiger partial charge is 0.317 e. The molecule has 0 saturated carbocycles. The fourth-order valence-electron chi connectivity index (χ4n) is 1.85. The average molecular weight is 259 g/mol. The van der Waals surface area contributed by atoms with Gasteiger partial charge >= 0.3 is 5.97 Å². The molecule has 104 valence electrons. The molecule has 2 N–H and O–H groups in total. The number of carbonyl (C=O) groups is 2. The van der Waals surface area contributed by atoms with E-state index in [0.29, 0.717) is 32.8 Å². The molecule has 0 aromatic heterocycles. The third kappa shape index (κ3) is 5.95. The molecule has 1 heterocycles. The molecule has 0 aromatic rings. The molecule has 0 radical (unpaired) electrons. The van der Waals surface area contributed by atoms with Crippen LogP contribution in [0.3, 0.4) is 0 Å². The van der Waals surface area contributed by atoms with E-state index in [9.17, 15) is 9.59 Å². The summed E-state index contributed by atoms with van der Waals surface area (Å²) in [6.45, 7) is 4.32. The topological polar surface area (TPSA) is 82.1 Å². The number of rotatable bonds is 7. The Morgan fingerprint density at radius 3 is 2.22 bits per heavy atom. The van der Waals surface area contributed by atoms with Crippen molar-refractivity contribution < 1.29 is 19.4 Å². The van der Waals surface area contributed by atoms with E-state index in [1.807, 2.05) is 9.80 Å². The largest absolute Gasteiger partial charge is 0.480 e. The molecule has 7 heteroatoms. The number of aliphatic carboxylic acids is 1. The highest BCUT2D eigenvalue weighted by molar-refractivity contribution is 5.78. The number of carbonyl (C=O) groups excluding carboxylic acids is 1. The van der Waals surface area contributed by atoms with Gasteiger partial charge in [-0.25, -0.2) is 0 Å². The molecule has 0 bridgehead atoms. The average Bonchev–Trinajstić information content (AvgIpc) is 2.31. The lowest BCUT2D eigenvalue weighted by atomic mass is 10.3. The van der Waals surface area contributed by atoms with E-state index in [-0.39, 0.29) is 12.5 Å². The van der Waals surface area contributed by atoms with Crippen molar-refractivity contribution in [2.75, 3.05) is 59.5 Å². The van der Waals surface area contributed by atoms with Gasteiger partial charge in [-0.1, -0.05) is 0 Å². The molecule has 7 nitrogen and oxygen atoms in total. The van der Waals surface area contributed by atoms with Crippen molar-refractivity contribution in [3.8, 4) is 0 Å². The van der Waals surface area contributed by atoms with Crippen LogP contribution in [-0.2, 0) is 14.3 Å². The molecule has 1 fully saturated rings. The normalized spacial score (nSPS) is 17.6. The van der Waals surface area contributed by atoms with E-state index < -0.39 is 5.97 Å². The number of carboxylic acid groups (broad SMARTS) is 1. The Kier molecular flexibility index (Phi) is 6.63. The number of hydrogen-bond donors (Lipinski definition) is 2. The Balaban J connectivity index is 2.14. The maximum absolute atomic E-state index is 11.5. The Hall–Kier alpha value is -1.18. The minimum Gasteiger partial charge on any atom is -0.480 e. The van der Waals surface area contributed by atoms with Crippen LogP contribution in [0.1, 0.15) is 0 Å². The van der Waals surface area contributed by atoms with E-state index in [1.54, 1.807) is 7.11 Å². The summed E-state index contributed by atoms with van der Waals surface area (Å²) < 4.78 is 4.84. The molecule has 1 amide bonds. The minimum absolute atomic E-state index is 0.0151. The number of hydrogen-bond acceptors (Lipinski definition) is 5. The fraction of sp³-hybridized carbons (Fsp3) is 0.818. The second-order valence-corrected chi connectivity index (χ2v) is 4.29. The summed E-state index contributed by atoms with van der Waals surface area (Å²) in [5.41, 5.74) is 0. The van der Waals surface area contributed by atoms with Crippen molar-refractivity contribution in [1.82, 2.24) is 15.1 Å². The predicted octanol–water partition coefficient (Wildman–Crippen LogP) is -1.55. The molecular formula is C11H21N3O4. The van der Waals surface area contributed by atoms with Crippen molar-refractivity contribution in [3.05, 3.63) is 0 Å². The Bertz CT molecular complexity index is 277. The summed E-state index contributed by atoms with van der Waals surface area (Å²) in [5, 5.41) is 11.4. The van der Waals surface area contributed by atoms with Gasteiger partial charge in [0.05, 0.1) is 19.7 Å². The van der Waals surface area contributed by atoms with Gasteiger partial charge in [0.2, 0.25) is 5.91 Å². The number of ether oxygens (including phenoxy) is 1. The van der Waals surface area contributed by atoms with Gasteiger partial charge in [-0.05, 0) is 0 Å². The molecule has 0 aromatic carbocycles. The summed E-state index contributed by atoms with van der Waals surface area (Å²) in [6, 6.07) is 0. The van der Waals surface area contributed by atoms with Gasteiger partial charge in [-0.15, -0.1) is 0 Å². The van der Waals surface area contributed by atoms with Crippen molar-refractivity contribution in [3.63, 3.8) is 0 Å². The maximum Gasteiger partial charge on any atom is 0.317 e. The number of methoxy groups -OCH3 is 1. The standard InChI is InChI=1S/C11H21N3O4/c1-18-7-2-12-10(15)8-13-3-5-14(6-4-13)9-11(16)17/h2-9H2,1H3,(H,12,15)(H,16,17). The SMILES string of the molecule is COCCNC(=O)CN1CCN(CC(=O)O)CC1. The highest BCUT2D eigenvalue weighted by Gasteiger charge is 2.19. The van der Waals surface area contributed by atoms with Crippen LogP contribution in [0.2, 0.25) is 0 Å². The summed E-state index contributed by atoms with van der Waals surface area (Å²) in [5.74, 6) is -0.820. The zero-order valence-electron chi connectivity index (χ0n) is 10.7. The van der Waals surface area contributed by atoms with Crippen molar-refractivity contribution in [2.24, 2.45) is 0 Å². The molecule has 18 heavy (non-hydrogen) atoms. The minimum atomic E-state index is -0.805. The van der Waals surface area contributed by atoms with E-state index in [4.69, 9.17) is 9.84 Å². The zero-order valence-corrected chi connectivity index (χ0v) is 10.7. The molecule has 0 atom stereocenters. The highest BCUT2D eigenvalue weighted by atomic mass is 16.5. The summed E-state index contributed by atoms with van der Waals surface area (Å²) in [6.07, 6.45) is 0. The van der Waals surface area contributed by atoms with Crippen molar-refractivity contribution in [2.45, 2.75) is 0 Å². The van der Waals surface area contributed by atoms with Gasteiger partial charge in [0, 0.05) is 39.8 Å². The number of amides is 1. The fourth-order valence-corrected chi connectivity index (χ4v) is 1.85. The van der Waals surface area contributed by atoms with E-state index in [1.165, 1.54) is 0 Å². The Morgan fingerprint density at radius 1 is 1.17 bits per heavy atom. The zero-order chi connectivity index (χ0) is 13.4. The van der Waals surface area contributed by atoms with Crippen LogP contribution in [0.5, 0.6) is 0 Å². The molecule has 1 saturated heterocycles. The lowest BCUT2D eigenvalue weighted by molar-refractivity contribution is -0.139. The third-order valence-electron chi connectivity index (χ3n) is 2.82.